The molecule has 0 aliphatic carbocycles. The van der Waals surface area contributed by atoms with Gasteiger partial charge in [0.1, 0.15) is 28.6 Å². The van der Waals surface area contributed by atoms with Crippen LogP contribution >= 0.6 is 0 Å². The van der Waals surface area contributed by atoms with Gasteiger partial charge in [-0.05, 0) is 17.7 Å². The van der Waals surface area contributed by atoms with Crippen LogP contribution in [0.1, 0.15) is 22.0 Å². The van der Waals surface area contributed by atoms with E-state index in [4.69, 9.17) is 9.47 Å². The average Bonchev–Trinajstić information content (AvgIpc) is 2.50. The lowest BCUT2D eigenvalue weighted by molar-refractivity contribution is -0.186. The fourth-order valence-electron chi connectivity index (χ4n) is 2.50. The van der Waals surface area contributed by atoms with E-state index in [-0.39, 0.29) is 11.5 Å². The lowest BCUT2D eigenvalue weighted by Crippen LogP contribution is -2.49. The van der Waals surface area contributed by atoms with Gasteiger partial charge in [0.25, 0.3) is 5.79 Å². The summed E-state index contributed by atoms with van der Waals surface area (Å²) in [6.45, 7) is 0. The highest BCUT2D eigenvalue weighted by molar-refractivity contribution is 6.07. The van der Waals surface area contributed by atoms with Crippen molar-refractivity contribution in [1.82, 2.24) is 0 Å². The van der Waals surface area contributed by atoms with E-state index >= 15 is 0 Å². The zero-order valence-corrected chi connectivity index (χ0v) is 12.1. The first kappa shape index (κ1) is 15.1. The zero-order valence-electron chi connectivity index (χ0n) is 12.1. The Labute approximate surface area is 131 Å². The molecule has 0 saturated carbocycles. The minimum Gasteiger partial charge on any atom is -0.508 e. The minimum atomic E-state index is -2.87. The number of phenols is 2. The third-order valence-corrected chi connectivity index (χ3v) is 3.66. The number of methoxy groups -OCH3 is 1. The maximum absolute atomic E-state index is 12.3. The van der Waals surface area contributed by atoms with Crippen molar-refractivity contribution in [2.45, 2.75) is 11.9 Å². The monoisotopic (exact) mass is 318 g/mol. The van der Waals surface area contributed by atoms with Crippen molar-refractivity contribution in [2.75, 3.05) is 7.11 Å². The summed E-state index contributed by atoms with van der Waals surface area (Å²) < 4.78 is 10.5. The van der Waals surface area contributed by atoms with Crippen LogP contribution in [0.5, 0.6) is 23.0 Å². The molecule has 120 valence electrons. The van der Waals surface area contributed by atoms with Crippen LogP contribution in [-0.2, 0) is 0 Å². The van der Waals surface area contributed by atoms with Crippen molar-refractivity contribution in [3.05, 3.63) is 47.5 Å². The van der Waals surface area contributed by atoms with Crippen molar-refractivity contribution < 1.29 is 34.7 Å². The fraction of sp³-hybridized carbons (Fsp3) is 0.188. The van der Waals surface area contributed by atoms with Gasteiger partial charge in [-0.3, -0.25) is 4.79 Å². The molecule has 1 heterocycles. The number of ether oxygens (including phenoxy) is 2. The van der Waals surface area contributed by atoms with Crippen LogP contribution < -0.4 is 9.47 Å². The number of phenolic OH excluding ortho intramolecular Hbond substituents is 2. The standard InChI is InChI=1S/C16H14O7/c1-22-10-4-2-8(3-5-10)15-16(20,21)14(19)13-11(18)6-9(17)7-12(13)23-15/h2-7,15,17-18,20-21H,1H3. The number of carbonyl (C=O) groups is 1. The van der Waals surface area contributed by atoms with E-state index in [1.54, 1.807) is 12.1 Å². The summed E-state index contributed by atoms with van der Waals surface area (Å²) in [6.07, 6.45) is -1.42. The van der Waals surface area contributed by atoms with Crippen LogP contribution in [0, 0.1) is 0 Å². The lowest BCUT2D eigenvalue weighted by Gasteiger charge is -2.35. The Hall–Kier alpha value is -2.77. The normalized spacial score (nSPS) is 18.9. The molecule has 1 atom stereocenters. The highest BCUT2D eigenvalue weighted by Gasteiger charge is 2.51. The topological polar surface area (TPSA) is 116 Å². The second-order valence-corrected chi connectivity index (χ2v) is 5.16. The molecule has 1 unspecified atom stereocenters. The second kappa shape index (κ2) is 5.15. The maximum Gasteiger partial charge on any atom is 0.271 e. The highest BCUT2D eigenvalue weighted by Crippen LogP contribution is 2.45. The predicted octanol–water partition coefficient (Wildman–Crippen LogP) is 1.10. The molecule has 0 saturated heterocycles. The molecule has 3 rings (SSSR count). The summed E-state index contributed by atoms with van der Waals surface area (Å²) in [6, 6.07) is 8.24. The number of rotatable bonds is 2. The van der Waals surface area contributed by atoms with E-state index in [9.17, 15) is 25.2 Å². The van der Waals surface area contributed by atoms with Crippen LogP contribution in [0.3, 0.4) is 0 Å². The van der Waals surface area contributed by atoms with Crippen LogP contribution in [0.2, 0.25) is 0 Å². The fourth-order valence-corrected chi connectivity index (χ4v) is 2.50. The summed E-state index contributed by atoms with van der Waals surface area (Å²) in [7, 11) is 1.49. The SMILES string of the molecule is COc1ccc(C2Oc3cc(O)cc(O)c3C(=O)C2(O)O)cc1. The van der Waals surface area contributed by atoms with Crippen molar-refractivity contribution in [3.8, 4) is 23.0 Å². The molecule has 4 N–H and O–H groups in total. The Morgan fingerprint density at radius 1 is 1.13 bits per heavy atom. The lowest BCUT2D eigenvalue weighted by atomic mass is 9.90. The second-order valence-electron chi connectivity index (χ2n) is 5.16. The first-order valence-corrected chi connectivity index (χ1v) is 6.70. The van der Waals surface area contributed by atoms with Gasteiger partial charge in [-0.1, -0.05) is 12.1 Å². The largest absolute Gasteiger partial charge is 0.508 e. The summed E-state index contributed by atoms with van der Waals surface area (Å²) >= 11 is 0. The van der Waals surface area contributed by atoms with Gasteiger partial charge in [0.15, 0.2) is 6.10 Å². The van der Waals surface area contributed by atoms with Crippen LogP contribution in [0.4, 0.5) is 0 Å². The number of fused-ring (bicyclic) bond motifs is 1. The number of aliphatic hydroxyl groups is 2. The van der Waals surface area contributed by atoms with E-state index in [0.29, 0.717) is 11.3 Å². The van der Waals surface area contributed by atoms with Crippen molar-refractivity contribution in [1.29, 1.82) is 0 Å². The smallest absolute Gasteiger partial charge is 0.271 e. The molecular formula is C16H14O7. The molecule has 2 aromatic rings. The van der Waals surface area contributed by atoms with E-state index in [2.05, 4.69) is 0 Å². The number of Topliss-reactive ketones (excluding diaryl/α,β-unsaturated/α-hetero) is 1. The molecule has 0 amide bonds. The minimum absolute atomic E-state index is 0.132. The van der Waals surface area contributed by atoms with Gasteiger partial charge in [0.05, 0.1) is 7.11 Å². The Kier molecular flexibility index (Phi) is 3.39. The summed E-state index contributed by atoms with van der Waals surface area (Å²) in [5.41, 5.74) is -0.0739. The molecule has 0 bridgehead atoms. The van der Waals surface area contributed by atoms with Gasteiger partial charge in [-0.2, -0.15) is 0 Å². The number of aromatic hydroxyl groups is 2. The Morgan fingerprint density at radius 3 is 2.39 bits per heavy atom. The summed E-state index contributed by atoms with van der Waals surface area (Å²) in [5.74, 6) is -4.47. The zero-order chi connectivity index (χ0) is 16.8. The first-order chi connectivity index (χ1) is 10.8. The Balaban J connectivity index is 2.10. The number of carbonyl (C=O) groups excluding carboxylic acids is 1. The number of ketones is 1. The third-order valence-electron chi connectivity index (χ3n) is 3.66. The van der Waals surface area contributed by atoms with Crippen LogP contribution in [0.15, 0.2) is 36.4 Å². The molecule has 0 spiro atoms. The quantitative estimate of drug-likeness (QED) is 0.613. The summed E-state index contributed by atoms with van der Waals surface area (Å²) in [4.78, 5) is 12.3. The molecular weight excluding hydrogens is 304 g/mol. The van der Waals surface area contributed by atoms with E-state index in [1.807, 2.05) is 0 Å². The van der Waals surface area contributed by atoms with Crippen molar-refractivity contribution in [3.63, 3.8) is 0 Å². The van der Waals surface area contributed by atoms with Crippen LogP contribution in [0.25, 0.3) is 0 Å². The molecule has 1 aliphatic heterocycles. The van der Waals surface area contributed by atoms with Crippen molar-refractivity contribution >= 4 is 5.78 Å². The average molecular weight is 318 g/mol. The maximum atomic E-state index is 12.3. The van der Waals surface area contributed by atoms with Gasteiger partial charge in [-0.25, -0.2) is 0 Å². The third kappa shape index (κ3) is 2.36. The van der Waals surface area contributed by atoms with E-state index in [1.165, 1.54) is 19.2 Å². The van der Waals surface area contributed by atoms with Gasteiger partial charge < -0.3 is 29.9 Å². The predicted molar refractivity (Wildman–Crippen MR) is 77.6 cm³/mol. The van der Waals surface area contributed by atoms with E-state index < -0.39 is 29.0 Å². The van der Waals surface area contributed by atoms with Gasteiger partial charge >= 0.3 is 0 Å². The summed E-state index contributed by atoms with van der Waals surface area (Å²) in [5, 5.41) is 39.7. The molecule has 23 heavy (non-hydrogen) atoms. The number of hydrogen-bond donors (Lipinski definition) is 4. The molecule has 0 fully saturated rings. The molecule has 0 aromatic heterocycles. The first-order valence-electron chi connectivity index (χ1n) is 6.70. The molecule has 0 radical (unpaired) electrons. The van der Waals surface area contributed by atoms with Crippen molar-refractivity contribution in [2.24, 2.45) is 0 Å². The number of benzene rings is 2. The number of hydrogen-bond acceptors (Lipinski definition) is 7. The molecule has 1 aliphatic rings. The Morgan fingerprint density at radius 2 is 1.78 bits per heavy atom. The van der Waals surface area contributed by atoms with Gasteiger partial charge in [0.2, 0.25) is 5.78 Å². The molecule has 2 aromatic carbocycles. The van der Waals surface area contributed by atoms with Crippen LogP contribution in [-0.4, -0.2) is 39.1 Å². The molecule has 7 nitrogen and oxygen atoms in total. The Bertz CT molecular complexity index is 765. The van der Waals surface area contributed by atoms with Gasteiger partial charge in [-0.15, -0.1) is 0 Å². The van der Waals surface area contributed by atoms with Gasteiger partial charge in [0, 0.05) is 12.1 Å². The highest BCUT2D eigenvalue weighted by atomic mass is 16.6. The van der Waals surface area contributed by atoms with E-state index in [0.717, 1.165) is 12.1 Å². The molecule has 7 heteroatoms.